The van der Waals surface area contributed by atoms with E-state index in [1.54, 1.807) is 0 Å². The number of allylic oxidation sites excluding steroid dienone is 2. The molecule has 488 valence electrons. The van der Waals surface area contributed by atoms with Crippen LogP contribution < -0.4 is 0 Å². The third-order valence-corrected chi connectivity index (χ3v) is 23.2. The highest BCUT2D eigenvalue weighted by molar-refractivity contribution is 5.79. The summed E-state index contributed by atoms with van der Waals surface area (Å²) in [6.45, 7) is 14.1. The van der Waals surface area contributed by atoms with Crippen molar-refractivity contribution >= 4 is 5.97 Å². The van der Waals surface area contributed by atoms with Crippen molar-refractivity contribution in [3.63, 3.8) is 0 Å². The molecule has 0 amide bonds. The summed E-state index contributed by atoms with van der Waals surface area (Å²) in [6, 6.07) is 0. The molecule has 10 rings (SSSR count). The maximum atomic E-state index is 14.8. The number of aliphatic hydroxyl groups is 15. The molecule has 85 heavy (non-hydrogen) atoms. The van der Waals surface area contributed by atoms with Gasteiger partial charge in [-0.1, -0.05) is 53.2 Å². The summed E-state index contributed by atoms with van der Waals surface area (Å²) in [4.78, 5) is 14.8. The van der Waals surface area contributed by atoms with Crippen LogP contribution in [0.15, 0.2) is 11.6 Å². The first-order valence-electron chi connectivity index (χ1n) is 30.6. The van der Waals surface area contributed by atoms with E-state index in [0.717, 1.165) is 12.8 Å². The number of esters is 1. The van der Waals surface area contributed by atoms with E-state index in [1.807, 2.05) is 6.92 Å². The molecule has 9 fully saturated rings. The first-order chi connectivity index (χ1) is 39.9. The summed E-state index contributed by atoms with van der Waals surface area (Å²) in [5.74, 6) is -0.740. The van der Waals surface area contributed by atoms with E-state index in [9.17, 15) is 81.4 Å². The maximum absolute atomic E-state index is 14.8. The molecule has 15 N–H and O–H groups in total. The Balaban J connectivity index is 0.852. The van der Waals surface area contributed by atoms with Gasteiger partial charge in [0.25, 0.3) is 0 Å². The second-order valence-electron chi connectivity index (χ2n) is 28.4. The number of aliphatic hydroxyl groups excluding tert-OH is 15. The van der Waals surface area contributed by atoms with Gasteiger partial charge in [0.15, 0.2) is 25.2 Å². The standard InChI is InChI=1S/C59H96O26/c1-24-34(64)39(69)41(71)48(77-24)83-46-38(68)30(21-61)80-51(44(46)74)82-45-35(65)25(2)78-50(43(45)73)84-47-36(66)28(63)22-76-52(47)81-33-12-13-55(5)31(56(33,6)23-62)11-14-58(8)32(55)10-9-26-27-19-54(3,4)15-17-59(27,18-16-57(26,58)7)53(75)85-49-42(72)40(70)37(67)29(20-60)79-49/h9,24-25,27-52,60-74H,10-23H2,1-8H3/t24-,25-,27?,28+,29-,30-,31?,32?,33?,34-,35-,36-,37-,38-,39-,40+,41-,42-,43-,44-,45-,46-,47-,48+,49+,50+,51+,52+,55?,56?,57?,58?,59?/m1/s1. The monoisotopic (exact) mass is 1220 g/mol. The molecule has 26 nitrogen and oxygen atoms in total. The van der Waals surface area contributed by atoms with Gasteiger partial charge < -0.3 is 124 Å². The molecule has 0 radical (unpaired) electrons. The fourth-order valence-corrected chi connectivity index (χ4v) is 17.6. The molecule has 5 aliphatic heterocycles. The fourth-order valence-electron chi connectivity index (χ4n) is 17.6. The minimum Gasteiger partial charge on any atom is -0.432 e. The molecule has 5 aliphatic carbocycles. The van der Waals surface area contributed by atoms with Gasteiger partial charge in [-0.25, -0.2) is 0 Å². The predicted octanol–water partition coefficient (Wildman–Crippen LogP) is -2.54. The highest BCUT2D eigenvalue weighted by Gasteiger charge is 2.71. The van der Waals surface area contributed by atoms with Crippen molar-refractivity contribution in [3.8, 4) is 0 Å². The topological polar surface area (TPSA) is 413 Å². The van der Waals surface area contributed by atoms with Gasteiger partial charge in [0.05, 0.1) is 50.2 Å². The average molecular weight is 1220 g/mol. The molecule has 33 atom stereocenters. The van der Waals surface area contributed by atoms with Gasteiger partial charge in [0.2, 0.25) is 6.29 Å². The number of fused-ring (bicyclic) bond motifs is 7. The van der Waals surface area contributed by atoms with Crippen LogP contribution in [0.5, 0.6) is 0 Å². The van der Waals surface area contributed by atoms with Gasteiger partial charge in [0.1, 0.15) is 104 Å². The Morgan fingerprint density at radius 1 is 0.541 bits per heavy atom. The van der Waals surface area contributed by atoms with Crippen LogP contribution in [0.2, 0.25) is 0 Å². The van der Waals surface area contributed by atoms with Crippen molar-refractivity contribution in [2.75, 3.05) is 26.4 Å². The Morgan fingerprint density at radius 2 is 1.09 bits per heavy atom. The Hall–Kier alpha value is -1.75. The van der Waals surface area contributed by atoms with Crippen molar-refractivity contribution in [2.45, 2.75) is 273 Å². The third-order valence-electron chi connectivity index (χ3n) is 23.2. The van der Waals surface area contributed by atoms with Gasteiger partial charge in [-0.3, -0.25) is 4.79 Å². The molecule has 0 aromatic carbocycles. The number of hydrogen-bond acceptors (Lipinski definition) is 26. The van der Waals surface area contributed by atoms with Crippen molar-refractivity contribution in [1.82, 2.24) is 0 Å². The molecule has 0 aromatic heterocycles. The van der Waals surface area contributed by atoms with Gasteiger partial charge in [-0.05, 0) is 117 Å². The fraction of sp³-hybridized carbons (Fsp3) is 0.949. The summed E-state index contributed by atoms with van der Waals surface area (Å²) < 4.78 is 59.9. The summed E-state index contributed by atoms with van der Waals surface area (Å²) >= 11 is 0. The van der Waals surface area contributed by atoms with E-state index < -0.39 is 184 Å². The minimum atomic E-state index is -1.97. The summed E-state index contributed by atoms with van der Waals surface area (Å²) in [5, 5.41) is 164. The maximum Gasteiger partial charge on any atom is 0.315 e. The zero-order valence-corrected chi connectivity index (χ0v) is 49.8. The van der Waals surface area contributed by atoms with Crippen LogP contribution in [0.3, 0.4) is 0 Å². The van der Waals surface area contributed by atoms with E-state index in [-0.39, 0.29) is 52.6 Å². The smallest absolute Gasteiger partial charge is 0.315 e. The van der Waals surface area contributed by atoms with Crippen LogP contribution in [0.1, 0.15) is 120 Å². The Bertz CT molecular complexity index is 2370. The molecule has 10 aliphatic rings. The van der Waals surface area contributed by atoms with Crippen molar-refractivity contribution in [2.24, 2.45) is 50.2 Å². The van der Waals surface area contributed by atoms with Gasteiger partial charge in [-0.2, -0.15) is 0 Å². The van der Waals surface area contributed by atoms with Crippen LogP contribution in [-0.2, 0) is 52.2 Å². The molecule has 0 spiro atoms. The molecule has 4 saturated carbocycles. The predicted molar refractivity (Wildman–Crippen MR) is 288 cm³/mol. The van der Waals surface area contributed by atoms with Crippen LogP contribution in [0.25, 0.3) is 0 Å². The Kier molecular flexibility index (Phi) is 19.0. The quantitative estimate of drug-likeness (QED) is 0.0513. The lowest BCUT2D eigenvalue weighted by atomic mass is 9.33. The number of ether oxygens (including phenoxy) is 10. The number of carbonyl (C=O) groups excluding carboxylic acids is 1. The molecule has 5 heterocycles. The Labute approximate surface area is 494 Å². The molecular formula is C59H96O26. The van der Waals surface area contributed by atoms with Crippen molar-refractivity contribution in [3.05, 3.63) is 11.6 Å². The minimum absolute atomic E-state index is 0.107. The van der Waals surface area contributed by atoms with E-state index in [1.165, 1.54) is 19.4 Å². The number of rotatable bonds is 13. The third kappa shape index (κ3) is 11.0. The summed E-state index contributed by atoms with van der Waals surface area (Å²) in [7, 11) is 0. The lowest BCUT2D eigenvalue weighted by Crippen LogP contribution is -2.67. The van der Waals surface area contributed by atoms with Crippen molar-refractivity contribution in [1.29, 1.82) is 0 Å². The molecule has 9 unspecified atom stereocenters. The zero-order valence-electron chi connectivity index (χ0n) is 49.8. The molecule has 0 aromatic rings. The average Bonchev–Trinajstić information content (AvgIpc) is 1.24. The largest absolute Gasteiger partial charge is 0.432 e. The highest BCUT2D eigenvalue weighted by atomic mass is 16.8. The first kappa shape index (κ1) is 66.2. The number of hydrogen-bond donors (Lipinski definition) is 15. The van der Waals surface area contributed by atoms with Crippen molar-refractivity contribution < 1.29 is 129 Å². The summed E-state index contributed by atoms with van der Waals surface area (Å²) in [6.07, 6.45) is -30.8. The Morgan fingerprint density at radius 3 is 1.74 bits per heavy atom. The van der Waals surface area contributed by atoms with Crippen LogP contribution in [-0.4, -0.2) is 263 Å². The van der Waals surface area contributed by atoms with E-state index in [0.29, 0.717) is 51.4 Å². The molecule has 26 heteroatoms. The van der Waals surface area contributed by atoms with Gasteiger partial charge >= 0.3 is 5.97 Å². The SMILES string of the molecule is C[C@H]1O[C@@H](O[C@H]2[C@@H](O)[C@H](O[C@H]3[C@@H](O)[C@H](O[C@H]4[C@H](OC5CCC6(C)C(CCC7(C)C6CC=C6C8CC(C)(C)CCC8(C(=O)O[C@@H]8O[C@H](CO)[C@@H](O)[C@H](O)[C@H]8O)CCC67C)C5(C)CO)OC[C@H](O)[C@H]4O)O[C@H](C)[C@H]3O)O[C@H](CO)[C@H]2O)[C@H](O)[C@H](O)[C@@H]1O. The zero-order chi connectivity index (χ0) is 62.0. The second kappa shape index (κ2) is 24.4. The first-order valence-corrected chi connectivity index (χ1v) is 30.6. The van der Waals surface area contributed by atoms with E-state index in [2.05, 4.69) is 40.7 Å². The van der Waals surface area contributed by atoms with Crippen LogP contribution >= 0.6 is 0 Å². The van der Waals surface area contributed by atoms with Crippen LogP contribution in [0, 0.1) is 50.2 Å². The molecule has 5 saturated heterocycles. The summed E-state index contributed by atoms with van der Waals surface area (Å²) in [5.41, 5.74) is -1.76. The lowest BCUT2D eigenvalue weighted by Gasteiger charge is -2.71. The highest BCUT2D eigenvalue weighted by Crippen LogP contribution is 2.76. The van der Waals surface area contributed by atoms with Crippen LogP contribution in [0.4, 0.5) is 0 Å². The molecule has 0 bridgehead atoms. The molecular weight excluding hydrogens is 1120 g/mol. The number of carbonyl (C=O) groups is 1. The second-order valence-corrected chi connectivity index (χ2v) is 28.4. The lowest BCUT2D eigenvalue weighted by molar-refractivity contribution is -0.391. The van der Waals surface area contributed by atoms with Gasteiger partial charge in [0, 0.05) is 5.41 Å². The normalized spacial score (nSPS) is 55.3. The van der Waals surface area contributed by atoms with E-state index in [4.69, 9.17) is 47.4 Å². The van der Waals surface area contributed by atoms with E-state index >= 15 is 0 Å². The van der Waals surface area contributed by atoms with Gasteiger partial charge in [-0.15, -0.1) is 0 Å².